The van der Waals surface area contributed by atoms with Crippen molar-refractivity contribution in [3.63, 3.8) is 0 Å². The number of benzene rings is 1. The highest BCUT2D eigenvalue weighted by Crippen LogP contribution is 2.23. The molecule has 1 aromatic rings. The van der Waals surface area contributed by atoms with Crippen molar-refractivity contribution in [2.75, 3.05) is 27.2 Å². The molecule has 14 heteroatoms. The van der Waals surface area contributed by atoms with Gasteiger partial charge in [0.1, 0.15) is 18.1 Å². The Hall–Kier alpha value is -4.56. The number of likely N-dealkylation sites (N-methyl/N-ethyl adjacent to an activating group) is 2. The number of esters is 1. The van der Waals surface area contributed by atoms with Crippen LogP contribution in [-0.4, -0.2) is 120 Å². The summed E-state index contributed by atoms with van der Waals surface area (Å²) in [5.74, 6) is -4.20. The minimum Gasteiger partial charge on any atom is -0.449 e. The predicted molar refractivity (Wildman–Crippen MR) is 223 cm³/mol. The Labute approximate surface area is 345 Å². The average molecular weight is 812 g/mol. The van der Waals surface area contributed by atoms with E-state index in [2.05, 4.69) is 16.0 Å². The fourth-order valence-corrected chi connectivity index (χ4v) is 6.66. The third-order valence-electron chi connectivity index (χ3n) is 10.8. The fraction of sp³-hybridized carbons (Fsp3) is 0.636. The molecule has 1 aliphatic heterocycles. The van der Waals surface area contributed by atoms with E-state index in [1.54, 1.807) is 19.9 Å². The molecule has 1 unspecified atom stereocenters. The molecule has 0 bridgehead atoms. The van der Waals surface area contributed by atoms with Gasteiger partial charge in [-0.1, -0.05) is 83.5 Å². The van der Waals surface area contributed by atoms with Crippen LogP contribution in [0.2, 0.25) is 0 Å². The summed E-state index contributed by atoms with van der Waals surface area (Å²) < 4.78 is 12.0. The lowest BCUT2D eigenvalue weighted by molar-refractivity contribution is -0.154. The second-order valence-electron chi connectivity index (χ2n) is 16.3. The molecule has 1 heterocycles. The number of hydrogen-bond donors (Lipinski definition) is 4. The normalized spacial score (nSPS) is 29.2. The molecule has 58 heavy (non-hydrogen) atoms. The van der Waals surface area contributed by atoms with Crippen LogP contribution in [0.1, 0.15) is 94.1 Å². The van der Waals surface area contributed by atoms with E-state index in [1.807, 2.05) is 84.9 Å². The standard InChI is InChI=1S/C44H69N5O9/c1-13-27(5)38-41(53)45-30(8)25-57-39(28(6)14-2)31(9)35(50)21-20-29(7)44(56)58-36(22-26(3)4)40(52)46-32(10)42(54)49(12)34(23-33-18-16-15-17-19-33)43(55)48(11)24-37(51)47-38/h14-20,26-27,30-32,34-36,38-39,50H,13,21-25H2,1-12H3,(H,45,53)(H,46,52)(H,47,51)/b28-14+,29-20+/t27?,30-,31-,32+,34-,35+,36-,38+,39-/m1/s1. The summed E-state index contributed by atoms with van der Waals surface area (Å²) in [7, 11) is 2.92. The molecule has 0 fully saturated rings. The van der Waals surface area contributed by atoms with Crippen LogP contribution in [-0.2, 0) is 44.7 Å². The van der Waals surface area contributed by atoms with Crippen LogP contribution in [0.3, 0.4) is 0 Å². The van der Waals surface area contributed by atoms with Crippen molar-refractivity contribution in [2.45, 2.75) is 137 Å². The quantitative estimate of drug-likeness (QED) is 0.236. The fourth-order valence-electron chi connectivity index (χ4n) is 6.66. The van der Waals surface area contributed by atoms with Gasteiger partial charge in [0.25, 0.3) is 5.91 Å². The number of allylic oxidation sites excluding steroid dienone is 1. The monoisotopic (exact) mass is 812 g/mol. The van der Waals surface area contributed by atoms with E-state index in [0.29, 0.717) is 6.42 Å². The van der Waals surface area contributed by atoms with Crippen LogP contribution in [0.15, 0.2) is 53.6 Å². The van der Waals surface area contributed by atoms with Crippen molar-refractivity contribution in [3.05, 3.63) is 59.2 Å². The molecule has 0 aliphatic carbocycles. The van der Waals surface area contributed by atoms with Gasteiger partial charge in [0.2, 0.25) is 23.6 Å². The van der Waals surface area contributed by atoms with E-state index in [4.69, 9.17) is 9.47 Å². The molecule has 0 saturated carbocycles. The maximum Gasteiger partial charge on any atom is 0.334 e. The molecule has 0 radical (unpaired) electrons. The summed E-state index contributed by atoms with van der Waals surface area (Å²) in [5, 5.41) is 19.7. The number of ether oxygens (including phenoxy) is 2. The molecule has 1 aromatic carbocycles. The lowest BCUT2D eigenvalue weighted by Crippen LogP contribution is -2.57. The molecule has 4 N–H and O–H groups in total. The lowest BCUT2D eigenvalue weighted by atomic mass is 9.90. The van der Waals surface area contributed by atoms with E-state index in [0.717, 1.165) is 11.1 Å². The number of aliphatic hydroxyl groups is 1. The SMILES string of the molecule is C/C=C(\C)[C@H]1OC[C@@H](C)NC(=O)[C@H](C(C)CC)NC(=O)CN(C)C(=O)[C@@H](Cc2ccccc2)N(C)C(=O)[C@H](C)NC(=O)[C@@H](CC(C)C)OC(=O)/C(C)=C/C[C@H](O)[C@H]1C. The van der Waals surface area contributed by atoms with Crippen molar-refractivity contribution in [2.24, 2.45) is 17.8 Å². The highest BCUT2D eigenvalue weighted by molar-refractivity contribution is 5.95. The number of aliphatic hydroxyl groups excluding tert-OH is 1. The zero-order valence-electron chi connectivity index (χ0n) is 36.7. The van der Waals surface area contributed by atoms with E-state index in [9.17, 15) is 33.9 Å². The summed E-state index contributed by atoms with van der Waals surface area (Å²) in [4.78, 5) is 84.6. The molecule has 0 aromatic heterocycles. The third-order valence-corrected chi connectivity index (χ3v) is 10.8. The molecule has 0 spiro atoms. The number of hydrogen-bond acceptors (Lipinski definition) is 9. The Bertz CT molecular complexity index is 1610. The van der Waals surface area contributed by atoms with Gasteiger partial charge in [0, 0.05) is 38.0 Å². The summed E-state index contributed by atoms with van der Waals surface area (Å²) in [5.41, 5.74) is 1.83. The molecule has 1 aliphatic rings. The lowest BCUT2D eigenvalue weighted by Gasteiger charge is -2.33. The smallest absolute Gasteiger partial charge is 0.334 e. The topological polar surface area (TPSA) is 184 Å². The number of cyclic esters (lactones) is 1. The van der Waals surface area contributed by atoms with Crippen LogP contribution >= 0.6 is 0 Å². The van der Waals surface area contributed by atoms with Crippen molar-refractivity contribution >= 4 is 35.5 Å². The number of amides is 5. The first kappa shape index (κ1) is 49.6. The minimum absolute atomic E-state index is 0.0477. The molecular formula is C44H69N5O9. The van der Waals surface area contributed by atoms with Crippen molar-refractivity contribution in [1.29, 1.82) is 0 Å². The van der Waals surface area contributed by atoms with Gasteiger partial charge < -0.3 is 40.3 Å². The van der Waals surface area contributed by atoms with Gasteiger partial charge in [-0.2, -0.15) is 0 Å². The van der Waals surface area contributed by atoms with E-state index in [-0.39, 0.29) is 43.3 Å². The molecular weight excluding hydrogens is 743 g/mol. The van der Waals surface area contributed by atoms with Crippen molar-refractivity contribution in [1.82, 2.24) is 25.8 Å². The minimum atomic E-state index is -1.22. The maximum absolute atomic E-state index is 14.1. The predicted octanol–water partition coefficient (Wildman–Crippen LogP) is 3.71. The first-order chi connectivity index (χ1) is 27.2. The van der Waals surface area contributed by atoms with Gasteiger partial charge in [0.05, 0.1) is 25.4 Å². The van der Waals surface area contributed by atoms with Gasteiger partial charge in [-0.15, -0.1) is 0 Å². The zero-order valence-corrected chi connectivity index (χ0v) is 36.7. The summed E-state index contributed by atoms with van der Waals surface area (Å²) in [6.07, 6.45) is 1.77. The van der Waals surface area contributed by atoms with E-state index in [1.165, 1.54) is 30.8 Å². The summed E-state index contributed by atoms with van der Waals surface area (Å²) in [6.45, 7) is 17.6. The van der Waals surface area contributed by atoms with Crippen LogP contribution in [0.4, 0.5) is 0 Å². The number of carbonyl (C=O) groups is 6. The van der Waals surface area contributed by atoms with E-state index >= 15 is 0 Å². The average Bonchev–Trinajstić information content (AvgIpc) is 3.18. The Morgan fingerprint density at radius 3 is 2.17 bits per heavy atom. The number of nitrogens with zero attached hydrogens (tertiary/aromatic N) is 2. The highest BCUT2D eigenvalue weighted by Gasteiger charge is 2.36. The number of nitrogens with one attached hydrogen (secondary N) is 3. The molecule has 14 nitrogen and oxygen atoms in total. The van der Waals surface area contributed by atoms with Gasteiger partial charge in [-0.05, 0) is 70.4 Å². The van der Waals surface area contributed by atoms with Crippen molar-refractivity contribution in [3.8, 4) is 0 Å². The van der Waals surface area contributed by atoms with Crippen LogP contribution < -0.4 is 16.0 Å². The maximum atomic E-state index is 14.1. The summed E-state index contributed by atoms with van der Waals surface area (Å²) in [6, 6.07) is 5.54. The van der Waals surface area contributed by atoms with Crippen LogP contribution in [0.5, 0.6) is 0 Å². The van der Waals surface area contributed by atoms with Gasteiger partial charge >= 0.3 is 5.97 Å². The Kier molecular flexibility index (Phi) is 20.3. The van der Waals surface area contributed by atoms with Gasteiger partial charge in [-0.25, -0.2) is 4.79 Å². The number of rotatable bonds is 7. The van der Waals surface area contributed by atoms with Crippen molar-refractivity contribution < 1.29 is 43.3 Å². The van der Waals surface area contributed by atoms with Crippen LogP contribution in [0.25, 0.3) is 0 Å². The first-order valence-electron chi connectivity index (χ1n) is 20.5. The first-order valence-corrected chi connectivity index (χ1v) is 20.5. The Morgan fingerprint density at radius 2 is 1.59 bits per heavy atom. The zero-order chi connectivity index (χ0) is 43.9. The number of carbonyl (C=O) groups excluding carboxylic acids is 6. The van der Waals surface area contributed by atoms with Gasteiger partial charge in [0.15, 0.2) is 6.10 Å². The largest absolute Gasteiger partial charge is 0.449 e. The molecule has 5 amide bonds. The third kappa shape index (κ3) is 15.0. The highest BCUT2D eigenvalue weighted by atomic mass is 16.5. The molecule has 2 rings (SSSR count). The molecule has 0 saturated heterocycles. The van der Waals surface area contributed by atoms with E-state index < -0.39 is 90.4 Å². The molecule has 9 atom stereocenters. The Morgan fingerprint density at radius 1 is 0.948 bits per heavy atom. The van der Waals surface area contributed by atoms with Crippen LogP contribution in [0, 0.1) is 17.8 Å². The second-order valence-corrected chi connectivity index (χ2v) is 16.3. The second kappa shape index (κ2) is 23.7. The Balaban J connectivity index is 2.58. The van der Waals surface area contributed by atoms with Gasteiger partial charge in [-0.3, -0.25) is 24.0 Å². The summed E-state index contributed by atoms with van der Waals surface area (Å²) >= 11 is 0. The molecule has 324 valence electrons.